The number of guanidine groups is 1. The first-order chi connectivity index (χ1) is 15.1. The van der Waals surface area contributed by atoms with Crippen molar-refractivity contribution < 1.29 is 14.3 Å². The third kappa shape index (κ3) is 6.13. The summed E-state index contributed by atoms with van der Waals surface area (Å²) in [6.07, 6.45) is 3.39. The molecule has 3 rings (SSSR count). The molecule has 0 aromatic heterocycles. The first-order valence-corrected chi connectivity index (χ1v) is 10.8. The van der Waals surface area contributed by atoms with Gasteiger partial charge in [0, 0.05) is 44.0 Å². The first-order valence-electron chi connectivity index (χ1n) is 10.8. The van der Waals surface area contributed by atoms with Crippen LogP contribution in [-0.2, 0) is 6.54 Å². The number of anilines is 1. The van der Waals surface area contributed by atoms with E-state index in [1.165, 1.54) is 6.42 Å². The van der Waals surface area contributed by atoms with Gasteiger partial charge in [0.05, 0.1) is 13.7 Å². The molecule has 1 heterocycles. The Hall–Kier alpha value is -3.22. The summed E-state index contributed by atoms with van der Waals surface area (Å²) in [7, 11) is 3.34. The molecule has 7 heteroatoms. The van der Waals surface area contributed by atoms with E-state index in [0.717, 1.165) is 42.7 Å². The van der Waals surface area contributed by atoms with E-state index in [1.807, 2.05) is 54.3 Å². The number of amides is 1. The van der Waals surface area contributed by atoms with Crippen LogP contribution in [0.3, 0.4) is 0 Å². The fraction of sp³-hybridized carbons (Fsp3) is 0.417. The van der Waals surface area contributed by atoms with Crippen molar-refractivity contribution in [1.29, 1.82) is 0 Å². The van der Waals surface area contributed by atoms with E-state index in [1.54, 1.807) is 14.2 Å². The molecule has 0 aliphatic carbocycles. The second-order valence-electron chi connectivity index (χ2n) is 7.40. The number of ether oxygens (including phenoxy) is 2. The predicted molar refractivity (Wildman–Crippen MR) is 124 cm³/mol. The molecule has 0 bridgehead atoms. The zero-order chi connectivity index (χ0) is 22.1. The maximum absolute atomic E-state index is 12.8. The number of piperidine rings is 1. The topological polar surface area (TPSA) is 75.2 Å². The summed E-state index contributed by atoms with van der Waals surface area (Å²) in [5.41, 5.74) is 2.60. The lowest BCUT2D eigenvalue weighted by Crippen LogP contribution is -2.35. The molecule has 166 valence electrons. The lowest BCUT2D eigenvalue weighted by molar-refractivity contribution is 0.0724. The molecule has 1 fully saturated rings. The highest BCUT2D eigenvalue weighted by molar-refractivity contribution is 5.95. The number of carbonyl (C=O) groups excluding carboxylic acids is 1. The van der Waals surface area contributed by atoms with Crippen LogP contribution in [0.25, 0.3) is 0 Å². The lowest BCUT2D eigenvalue weighted by Gasteiger charge is -2.26. The standard InChI is InChI=1S/C24H32N4O3/c1-4-31-22-16-20(11-12-21(22)30-3)27-24(25-2)26-17-18-9-8-10-19(15-18)23(29)28-13-6-5-7-14-28/h8-12,15-16H,4-7,13-14,17H2,1-3H3,(H2,25,26,27). The number of aliphatic imine (C=N–C) groups is 1. The maximum atomic E-state index is 12.8. The minimum atomic E-state index is 0.116. The maximum Gasteiger partial charge on any atom is 0.253 e. The molecule has 0 unspecified atom stereocenters. The van der Waals surface area contributed by atoms with Crippen LogP contribution < -0.4 is 20.1 Å². The van der Waals surface area contributed by atoms with Crippen LogP contribution in [0.2, 0.25) is 0 Å². The number of methoxy groups -OCH3 is 1. The Balaban J connectivity index is 1.62. The molecule has 2 aromatic carbocycles. The van der Waals surface area contributed by atoms with Crippen LogP contribution in [0.1, 0.15) is 42.1 Å². The van der Waals surface area contributed by atoms with E-state index in [0.29, 0.717) is 30.6 Å². The molecule has 7 nitrogen and oxygen atoms in total. The van der Waals surface area contributed by atoms with Gasteiger partial charge in [0.1, 0.15) is 0 Å². The Labute approximate surface area is 184 Å². The summed E-state index contributed by atoms with van der Waals surface area (Å²) >= 11 is 0. The number of hydrogen-bond acceptors (Lipinski definition) is 4. The summed E-state index contributed by atoms with van der Waals surface area (Å²) in [6.45, 7) is 4.74. The molecular formula is C24H32N4O3. The highest BCUT2D eigenvalue weighted by atomic mass is 16.5. The van der Waals surface area contributed by atoms with Crippen molar-refractivity contribution in [1.82, 2.24) is 10.2 Å². The van der Waals surface area contributed by atoms with Gasteiger partial charge < -0.3 is 25.0 Å². The molecule has 1 amide bonds. The molecule has 0 atom stereocenters. The quantitative estimate of drug-likeness (QED) is 0.521. The molecule has 2 aromatic rings. The van der Waals surface area contributed by atoms with Crippen LogP contribution >= 0.6 is 0 Å². The van der Waals surface area contributed by atoms with Gasteiger partial charge in [-0.25, -0.2) is 0 Å². The second kappa shape index (κ2) is 11.2. The van der Waals surface area contributed by atoms with Crippen LogP contribution in [0.5, 0.6) is 11.5 Å². The van der Waals surface area contributed by atoms with Crippen molar-refractivity contribution in [3.05, 3.63) is 53.6 Å². The number of nitrogens with zero attached hydrogens (tertiary/aromatic N) is 2. The fourth-order valence-electron chi connectivity index (χ4n) is 3.62. The number of nitrogens with one attached hydrogen (secondary N) is 2. The molecular weight excluding hydrogens is 392 g/mol. The predicted octanol–water partition coefficient (Wildman–Crippen LogP) is 3.91. The van der Waals surface area contributed by atoms with Crippen molar-refractivity contribution in [2.75, 3.05) is 39.2 Å². The average molecular weight is 425 g/mol. The highest BCUT2D eigenvalue weighted by Crippen LogP contribution is 2.30. The number of hydrogen-bond donors (Lipinski definition) is 2. The normalized spacial score (nSPS) is 14.2. The van der Waals surface area contributed by atoms with Gasteiger partial charge in [-0.3, -0.25) is 9.79 Å². The van der Waals surface area contributed by atoms with Gasteiger partial charge >= 0.3 is 0 Å². The molecule has 0 spiro atoms. The van der Waals surface area contributed by atoms with Crippen LogP contribution in [0.15, 0.2) is 47.5 Å². The smallest absolute Gasteiger partial charge is 0.253 e. The Morgan fingerprint density at radius 3 is 2.61 bits per heavy atom. The first kappa shape index (κ1) is 22.5. The molecule has 1 saturated heterocycles. The summed E-state index contributed by atoms with van der Waals surface area (Å²) in [5, 5.41) is 6.57. The zero-order valence-corrected chi connectivity index (χ0v) is 18.6. The van der Waals surface area contributed by atoms with Crippen molar-refractivity contribution >= 4 is 17.6 Å². The highest BCUT2D eigenvalue weighted by Gasteiger charge is 2.18. The van der Waals surface area contributed by atoms with Crippen LogP contribution in [0, 0.1) is 0 Å². The molecule has 0 saturated carbocycles. The second-order valence-corrected chi connectivity index (χ2v) is 7.40. The van der Waals surface area contributed by atoms with Crippen molar-refractivity contribution in [3.8, 4) is 11.5 Å². The number of likely N-dealkylation sites (tertiary alicyclic amines) is 1. The Kier molecular flexibility index (Phi) is 8.15. The van der Waals surface area contributed by atoms with Gasteiger partial charge in [-0.05, 0) is 56.0 Å². The van der Waals surface area contributed by atoms with E-state index in [2.05, 4.69) is 15.6 Å². The summed E-state index contributed by atoms with van der Waals surface area (Å²) in [5.74, 6) is 2.10. The zero-order valence-electron chi connectivity index (χ0n) is 18.6. The minimum Gasteiger partial charge on any atom is -0.493 e. The lowest BCUT2D eigenvalue weighted by atomic mass is 10.1. The summed E-state index contributed by atoms with van der Waals surface area (Å²) in [6, 6.07) is 13.4. The van der Waals surface area contributed by atoms with E-state index in [-0.39, 0.29) is 5.91 Å². The van der Waals surface area contributed by atoms with Gasteiger partial charge in [-0.2, -0.15) is 0 Å². The minimum absolute atomic E-state index is 0.116. The summed E-state index contributed by atoms with van der Waals surface area (Å²) < 4.78 is 11.0. The van der Waals surface area contributed by atoms with Crippen molar-refractivity contribution in [2.45, 2.75) is 32.7 Å². The molecule has 1 aliphatic rings. The van der Waals surface area contributed by atoms with Crippen molar-refractivity contribution in [2.24, 2.45) is 4.99 Å². The van der Waals surface area contributed by atoms with E-state index in [4.69, 9.17) is 9.47 Å². The molecule has 1 aliphatic heterocycles. The van der Waals surface area contributed by atoms with Gasteiger partial charge in [0.2, 0.25) is 0 Å². The molecule has 31 heavy (non-hydrogen) atoms. The third-order valence-electron chi connectivity index (χ3n) is 5.23. The van der Waals surface area contributed by atoms with E-state index >= 15 is 0 Å². The third-order valence-corrected chi connectivity index (χ3v) is 5.23. The monoisotopic (exact) mass is 424 g/mol. The number of benzene rings is 2. The van der Waals surface area contributed by atoms with Crippen LogP contribution in [-0.4, -0.2) is 50.6 Å². The Morgan fingerprint density at radius 1 is 1.10 bits per heavy atom. The van der Waals surface area contributed by atoms with E-state index in [9.17, 15) is 4.79 Å². The average Bonchev–Trinajstić information content (AvgIpc) is 2.82. The number of carbonyl (C=O) groups is 1. The van der Waals surface area contributed by atoms with Gasteiger partial charge in [-0.15, -0.1) is 0 Å². The largest absolute Gasteiger partial charge is 0.493 e. The SMILES string of the molecule is CCOc1cc(NC(=NC)NCc2cccc(C(=O)N3CCCCC3)c2)ccc1OC. The summed E-state index contributed by atoms with van der Waals surface area (Å²) in [4.78, 5) is 19.0. The van der Waals surface area contributed by atoms with Crippen LogP contribution in [0.4, 0.5) is 5.69 Å². The molecule has 0 radical (unpaired) electrons. The Bertz CT molecular complexity index is 907. The fourth-order valence-corrected chi connectivity index (χ4v) is 3.62. The number of rotatable bonds is 7. The van der Waals surface area contributed by atoms with Gasteiger partial charge in [0.15, 0.2) is 17.5 Å². The Morgan fingerprint density at radius 2 is 1.90 bits per heavy atom. The van der Waals surface area contributed by atoms with E-state index < -0.39 is 0 Å². The van der Waals surface area contributed by atoms with Gasteiger partial charge in [-0.1, -0.05) is 12.1 Å². The van der Waals surface area contributed by atoms with Gasteiger partial charge in [0.25, 0.3) is 5.91 Å². The molecule has 2 N–H and O–H groups in total. The van der Waals surface area contributed by atoms with Crippen molar-refractivity contribution in [3.63, 3.8) is 0 Å².